The monoisotopic (exact) mass is 239 g/mol. The Hall–Kier alpha value is -0.780. The Morgan fingerprint density at radius 2 is 2.06 bits per heavy atom. The smallest absolute Gasteiger partial charge is 0.401 e. The lowest BCUT2D eigenvalue weighted by atomic mass is 10.1. The molecule has 3 nitrogen and oxygen atoms in total. The van der Waals surface area contributed by atoms with E-state index in [1.807, 2.05) is 0 Å². The molecule has 0 bridgehead atoms. The Morgan fingerprint density at radius 1 is 1.50 bits per heavy atom. The number of alkyl halides is 3. The quantitative estimate of drug-likeness (QED) is 0.685. The third-order valence-corrected chi connectivity index (χ3v) is 2.69. The van der Waals surface area contributed by atoms with E-state index < -0.39 is 24.7 Å². The average molecular weight is 239 g/mol. The molecule has 0 aromatic heterocycles. The van der Waals surface area contributed by atoms with Gasteiger partial charge in [0.15, 0.2) is 0 Å². The van der Waals surface area contributed by atoms with Crippen LogP contribution >= 0.6 is 0 Å². The summed E-state index contributed by atoms with van der Waals surface area (Å²) in [6, 6.07) is -0.739. The first-order valence-electron chi connectivity index (χ1n) is 5.27. The van der Waals surface area contributed by atoms with Gasteiger partial charge in [0, 0.05) is 0 Å². The van der Waals surface area contributed by atoms with E-state index in [1.54, 1.807) is 6.92 Å². The van der Waals surface area contributed by atoms with Crippen molar-refractivity contribution in [3.05, 3.63) is 0 Å². The molecular formula is C10H16F3NO2. The van der Waals surface area contributed by atoms with Gasteiger partial charge in [0.2, 0.25) is 0 Å². The van der Waals surface area contributed by atoms with Gasteiger partial charge in [-0.15, -0.1) is 0 Å². The third kappa shape index (κ3) is 3.66. The minimum Gasteiger partial charge on any atom is -0.468 e. The first-order valence-corrected chi connectivity index (χ1v) is 5.27. The first-order chi connectivity index (χ1) is 7.39. The number of hydrogen-bond acceptors (Lipinski definition) is 3. The van der Waals surface area contributed by atoms with Crippen LogP contribution in [0, 0.1) is 5.92 Å². The number of nitrogens with zero attached hydrogens (tertiary/aromatic N) is 1. The van der Waals surface area contributed by atoms with E-state index in [-0.39, 0.29) is 12.5 Å². The summed E-state index contributed by atoms with van der Waals surface area (Å²) in [5.41, 5.74) is 0. The van der Waals surface area contributed by atoms with Crippen LogP contribution in [-0.2, 0) is 9.53 Å². The van der Waals surface area contributed by atoms with E-state index >= 15 is 0 Å². The van der Waals surface area contributed by atoms with Crippen molar-refractivity contribution >= 4 is 5.97 Å². The summed E-state index contributed by atoms with van der Waals surface area (Å²) in [7, 11) is 1.21. The molecule has 1 aliphatic rings. The van der Waals surface area contributed by atoms with Crippen LogP contribution in [0.25, 0.3) is 0 Å². The molecule has 1 rings (SSSR count). The molecule has 6 heteroatoms. The summed E-state index contributed by atoms with van der Waals surface area (Å²) in [4.78, 5) is 12.6. The Kier molecular flexibility index (Phi) is 4.18. The fourth-order valence-electron chi connectivity index (χ4n) is 1.81. The molecule has 0 aromatic rings. The van der Waals surface area contributed by atoms with E-state index in [9.17, 15) is 18.0 Å². The summed E-state index contributed by atoms with van der Waals surface area (Å²) in [6.07, 6.45) is -2.68. The zero-order chi connectivity index (χ0) is 12.3. The van der Waals surface area contributed by atoms with Crippen molar-refractivity contribution in [1.82, 2.24) is 4.90 Å². The normalized spacial score (nSPS) is 18.6. The number of methoxy groups -OCH3 is 1. The molecule has 0 spiro atoms. The fourth-order valence-corrected chi connectivity index (χ4v) is 1.81. The molecule has 1 saturated carbocycles. The van der Waals surface area contributed by atoms with E-state index in [4.69, 9.17) is 0 Å². The van der Waals surface area contributed by atoms with Crippen LogP contribution in [0.1, 0.15) is 19.8 Å². The highest BCUT2D eigenvalue weighted by Crippen LogP contribution is 2.36. The lowest BCUT2D eigenvalue weighted by molar-refractivity contribution is -0.164. The van der Waals surface area contributed by atoms with Gasteiger partial charge in [0.05, 0.1) is 13.7 Å². The van der Waals surface area contributed by atoms with Gasteiger partial charge in [-0.05, 0) is 25.3 Å². The van der Waals surface area contributed by atoms with Crippen molar-refractivity contribution in [3.8, 4) is 0 Å². The average Bonchev–Trinajstić information content (AvgIpc) is 2.98. The molecule has 16 heavy (non-hydrogen) atoms. The van der Waals surface area contributed by atoms with Crippen LogP contribution in [0.15, 0.2) is 0 Å². The molecule has 0 aromatic carbocycles. The topological polar surface area (TPSA) is 29.5 Å². The molecule has 0 radical (unpaired) electrons. The summed E-state index contributed by atoms with van der Waals surface area (Å²) < 4.78 is 41.5. The summed E-state index contributed by atoms with van der Waals surface area (Å²) >= 11 is 0. The number of carbonyl (C=O) groups is 1. The van der Waals surface area contributed by atoms with Crippen molar-refractivity contribution in [2.24, 2.45) is 5.92 Å². The number of ether oxygens (including phenoxy) is 1. The standard InChI is InChI=1S/C10H16F3NO2/c1-3-14(6-10(11,12)13)8(7-4-5-7)9(15)16-2/h7-8H,3-6H2,1-2H3. The second-order valence-corrected chi connectivity index (χ2v) is 3.98. The summed E-state index contributed by atoms with van der Waals surface area (Å²) in [5, 5.41) is 0. The molecule has 0 amide bonds. The van der Waals surface area contributed by atoms with E-state index in [0.717, 1.165) is 17.7 Å². The molecule has 1 aliphatic carbocycles. The van der Waals surface area contributed by atoms with Gasteiger partial charge in [-0.3, -0.25) is 9.69 Å². The van der Waals surface area contributed by atoms with Gasteiger partial charge in [-0.1, -0.05) is 6.92 Å². The highest BCUT2D eigenvalue weighted by molar-refractivity contribution is 5.76. The van der Waals surface area contributed by atoms with E-state index in [2.05, 4.69) is 4.74 Å². The van der Waals surface area contributed by atoms with Gasteiger partial charge in [-0.25, -0.2) is 0 Å². The van der Waals surface area contributed by atoms with Crippen LogP contribution in [-0.4, -0.2) is 43.3 Å². The SMILES string of the molecule is CCN(CC(F)(F)F)C(C(=O)OC)C1CC1. The predicted molar refractivity (Wildman–Crippen MR) is 51.8 cm³/mol. The summed E-state index contributed by atoms with van der Waals surface area (Å²) in [5.74, 6) is -0.539. The van der Waals surface area contributed by atoms with Gasteiger partial charge >= 0.3 is 12.1 Å². The minimum absolute atomic E-state index is 0.0229. The van der Waals surface area contributed by atoms with Gasteiger partial charge < -0.3 is 4.74 Å². The molecule has 94 valence electrons. The molecular weight excluding hydrogens is 223 g/mol. The van der Waals surface area contributed by atoms with Crippen LogP contribution in [0.5, 0.6) is 0 Å². The van der Waals surface area contributed by atoms with E-state index in [1.165, 1.54) is 7.11 Å². The Labute approximate surface area is 92.5 Å². The highest BCUT2D eigenvalue weighted by Gasteiger charge is 2.44. The maximum absolute atomic E-state index is 12.3. The second-order valence-electron chi connectivity index (χ2n) is 3.98. The minimum atomic E-state index is -4.28. The van der Waals surface area contributed by atoms with Crippen molar-refractivity contribution in [3.63, 3.8) is 0 Å². The Balaban J connectivity index is 2.69. The molecule has 0 saturated heterocycles. The van der Waals surface area contributed by atoms with Crippen molar-refractivity contribution in [2.75, 3.05) is 20.2 Å². The maximum atomic E-state index is 12.3. The largest absolute Gasteiger partial charge is 0.468 e. The molecule has 1 atom stereocenters. The van der Waals surface area contributed by atoms with Crippen LogP contribution in [0.2, 0.25) is 0 Å². The number of esters is 1. The van der Waals surface area contributed by atoms with Crippen molar-refractivity contribution < 1.29 is 22.7 Å². The summed E-state index contributed by atoms with van der Waals surface area (Å²) in [6.45, 7) is 0.750. The second kappa shape index (κ2) is 5.03. The number of hydrogen-bond donors (Lipinski definition) is 0. The molecule has 0 aliphatic heterocycles. The molecule has 1 unspecified atom stereocenters. The maximum Gasteiger partial charge on any atom is 0.401 e. The van der Waals surface area contributed by atoms with Gasteiger partial charge in [0.25, 0.3) is 0 Å². The zero-order valence-electron chi connectivity index (χ0n) is 9.38. The van der Waals surface area contributed by atoms with Crippen LogP contribution in [0.4, 0.5) is 13.2 Å². The van der Waals surface area contributed by atoms with Gasteiger partial charge in [0.1, 0.15) is 6.04 Å². The van der Waals surface area contributed by atoms with Crippen LogP contribution < -0.4 is 0 Å². The number of carbonyl (C=O) groups excluding carboxylic acids is 1. The predicted octanol–water partition coefficient (Wildman–Crippen LogP) is 1.82. The fraction of sp³-hybridized carbons (Fsp3) is 0.900. The lowest BCUT2D eigenvalue weighted by Gasteiger charge is -2.29. The Bertz CT molecular complexity index is 251. The Morgan fingerprint density at radius 3 is 2.38 bits per heavy atom. The van der Waals surface area contributed by atoms with Crippen LogP contribution in [0.3, 0.4) is 0 Å². The number of rotatable bonds is 5. The van der Waals surface area contributed by atoms with Crippen molar-refractivity contribution in [2.45, 2.75) is 32.0 Å². The first kappa shape index (κ1) is 13.3. The zero-order valence-corrected chi connectivity index (χ0v) is 9.38. The molecule has 0 heterocycles. The number of likely N-dealkylation sites (N-methyl/N-ethyl adjacent to an activating group) is 1. The van der Waals surface area contributed by atoms with E-state index in [0.29, 0.717) is 0 Å². The molecule has 0 N–H and O–H groups in total. The lowest BCUT2D eigenvalue weighted by Crippen LogP contribution is -2.47. The van der Waals surface area contributed by atoms with Crippen molar-refractivity contribution in [1.29, 1.82) is 0 Å². The molecule has 1 fully saturated rings. The van der Waals surface area contributed by atoms with Gasteiger partial charge in [-0.2, -0.15) is 13.2 Å². The number of halogens is 3. The third-order valence-electron chi connectivity index (χ3n) is 2.69. The highest BCUT2D eigenvalue weighted by atomic mass is 19.4.